The molecule has 3 nitrogen and oxygen atoms in total. The van der Waals surface area contributed by atoms with Gasteiger partial charge in [-0.05, 0) is 26.3 Å². The van der Waals surface area contributed by atoms with Crippen molar-refractivity contribution in [3.05, 3.63) is 47.3 Å². The van der Waals surface area contributed by atoms with Crippen molar-refractivity contribution in [3.63, 3.8) is 0 Å². The normalized spacial score (nSPS) is 11.1. The van der Waals surface area contributed by atoms with Gasteiger partial charge in [-0.3, -0.25) is 0 Å². The second-order valence-electron chi connectivity index (χ2n) is 4.60. The Bertz CT molecular complexity index is 711. The number of fused-ring (bicyclic) bond motifs is 1. The van der Waals surface area contributed by atoms with Crippen molar-refractivity contribution >= 4 is 11.0 Å². The summed E-state index contributed by atoms with van der Waals surface area (Å²) in [4.78, 5) is 12.6. The van der Waals surface area contributed by atoms with E-state index in [0.29, 0.717) is 0 Å². The Morgan fingerprint density at radius 2 is 1.67 bits per heavy atom. The molecule has 0 spiro atoms. The SMILES string of the molecule is Cc1[nH]c2nc(-c3ccccc3)nc(C)c2c1C. The Kier molecular flexibility index (Phi) is 2.40. The summed E-state index contributed by atoms with van der Waals surface area (Å²) in [6, 6.07) is 10.1. The van der Waals surface area contributed by atoms with Crippen LogP contribution in [0.3, 0.4) is 0 Å². The van der Waals surface area contributed by atoms with Crippen LogP contribution in [0.1, 0.15) is 17.0 Å². The highest BCUT2D eigenvalue weighted by atomic mass is 15.0. The number of hydrogen-bond donors (Lipinski definition) is 1. The van der Waals surface area contributed by atoms with Crippen molar-refractivity contribution in [2.75, 3.05) is 0 Å². The molecule has 0 atom stereocenters. The van der Waals surface area contributed by atoms with E-state index in [0.717, 1.165) is 33.8 Å². The summed E-state index contributed by atoms with van der Waals surface area (Å²) >= 11 is 0. The number of nitrogens with zero attached hydrogens (tertiary/aromatic N) is 2. The largest absolute Gasteiger partial charge is 0.343 e. The molecular formula is C15H15N3. The van der Waals surface area contributed by atoms with E-state index in [2.05, 4.69) is 28.8 Å². The van der Waals surface area contributed by atoms with Gasteiger partial charge in [0.05, 0.1) is 5.69 Å². The first-order valence-corrected chi connectivity index (χ1v) is 6.06. The first kappa shape index (κ1) is 11.0. The number of H-pyrrole nitrogens is 1. The van der Waals surface area contributed by atoms with Crippen molar-refractivity contribution in [2.45, 2.75) is 20.8 Å². The molecule has 18 heavy (non-hydrogen) atoms. The van der Waals surface area contributed by atoms with Gasteiger partial charge < -0.3 is 4.98 Å². The van der Waals surface area contributed by atoms with Crippen LogP contribution >= 0.6 is 0 Å². The molecule has 3 heteroatoms. The molecule has 0 radical (unpaired) electrons. The van der Waals surface area contributed by atoms with E-state index in [1.807, 2.05) is 37.3 Å². The summed E-state index contributed by atoms with van der Waals surface area (Å²) in [7, 11) is 0. The van der Waals surface area contributed by atoms with Gasteiger partial charge >= 0.3 is 0 Å². The van der Waals surface area contributed by atoms with Crippen LogP contribution < -0.4 is 0 Å². The molecule has 0 unspecified atom stereocenters. The number of aromatic nitrogens is 3. The molecule has 2 aromatic heterocycles. The van der Waals surface area contributed by atoms with E-state index < -0.39 is 0 Å². The fourth-order valence-electron chi connectivity index (χ4n) is 2.29. The quantitative estimate of drug-likeness (QED) is 0.703. The molecule has 0 fully saturated rings. The van der Waals surface area contributed by atoms with Gasteiger partial charge in [-0.2, -0.15) is 0 Å². The molecule has 3 aromatic rings. The Morgan fingerprint density at radius 1 is 0.944 bits per heavy atom. The standard InChI is InChI=1S/C15H15N3/c1-9-10(2)16-15-13(9)11(3)17-14(18-15)12-7-5-4-6-8-12/h4-8H,1-3H3,(H,16,17,18). The van der Waals surface area contributed by atoms with Crippen LogP contribution in [-0.2, 0) is 0 Å². The van der Waals surface area contributed by atoms with E-state index >= 15 is 0 Å². The molecule has 0 aliphatic carbocycles. The highest BCUT2D eigenvalue weighted by Gasteiger charge is 2.11. The summed E-state index contributed by atoms with van der Waals surface area (Å²) in [6.45, 7) is 6.21. The number of benzene rings is 1. The number of hydrogen-bond acceptors (Lipinski definition) is 2. The lowest BCUT2D eigenvalue weighted by molar-refractivity contribution is 1.14. The Labute approximate surface area is 106 Å². The number of aromatic amines is 1. The first-order chi connectivity index (χ1) is 8.66. The minimum atomic E-state index is 0.779. The maximum absolute atomic E-state index is 4.62. The zero-order chi connectivity index (χ0) is 12.7. The van der Waals surface area contributed by atoms with Crippen LogP contribution in [0.4, 0.5) is 0 Å². The van der Waals surface area contributed by atoms with Crippen LogP contribution in [-0.4, -0.2) is 15.0 Å². The number of nitrogens with one attached hydrogen (secondary N) is 1. The number of aryl methyl sites for hydroxylation is 3. The third-order valence-electron chi connectivity index (χ3n) is 3.37. The molecule has 1 aromatic carbocycles. The highest BCUT2D eigenvalue weighted by Crippen LogP contribution is 2.25. The molecule has 0 saturated heterocycles. The maximum Gasteiger partial charge on any atom is 0.161 e. The van der Waals surface area contributed by atoms with Crippen molar-refractivity contribution < 1.29 is 0 Å². The third-order valence-corrected chi connectivity index (χ3v) is 3.37. The van der Waals surface area contributed by atoms with Crippen LogP contribution in [0.2, 0.25) is 0 Å². The fourth-order valence-corrected chi connectivity index (χ4v) is 2.29. The zero-order valence-corrected chi connectivity index (χ0v) is 10.8. The monoisotopic (exact) mass is 237 g/mol. The fraction of sp³-hybridized carbons (Fsp3) is 0.200. The van der Waals surface area contributed by atoms with Crippen molar-refractivity contribution in [1.29, 1.82) is 0 Å². The van der Waals surface area contributed by atoms with E-state index in [1.54, 1.807) is 0 Å². The zero-order valence-electron chi connectivity index (χ0n) is 10.8. The van der Waals surface area contributed by atoms with Crippen molar-refractivity contribution in [1.82, 2.24) is 15.0 Å². The van der Waals surface area contributed by atoms with E-state index in [1.165, 1.54) is 5.56 Å². The number of rotatable bonds is 1. The first-order valence-electron chi connectivity index (χ1n) is 6.06. The van der Waals surface area contributed by atoms with Gasteiger partial charge in [0.25, 0.3) is 0 Å². The molecule has 0 amide bonds. The van der Waals surface area contributed by atoms with Crippen LogP contribution in [0.25, 0.3) is 22.4 Å². The summed E-state index contributed by atoms with van der Waals surface area (Å²) in [6.07, 6.45) is 0. The van der Waals surface area contributed by atoms with E-state index in [4.69, 9.17) is 0 Å². The predicted octanol–water partition coefficient (Wildman–Crippen LogP) is 3.55. The average Bonchev–Trinajstić information content (AvgIpc) is 2.66. The van der Waals surface area contributed by atoms with Gasteiger partial charge in [-0.25, -0.2) is 9.97 Å². The van der Waals surface area contributed by atoms with Crippen molar-refractivity contribution in [3.8, 4) is 11.4 Å². The van der Waals surface area contributed by atoms with Gasteiger partial charge in [0.2, 0.25) is 0 Å². The van der Waals surface area contributed by atoms with Gasteiger partial charge in [0, 0.05) is 16.6 Å². The molecule has 2 heterocycles. The average molecular weight is 237 g/mol. The van der Waals surface area contributed by atoms with Gasteiger partial charge in [0.1, 0.15) is 5.65 Å². The molecule has 0 saturated carbocycles. The molecule has 3 rings (SSSR count). The Hall–Kier alpha value is -2.16. The van der Waals surface area contributed by atoms with Gasteiger partial charge in [-0.1, -0.05) is 30.3 Å². The van der Waals surface area contributed by atoms with Crippen LogP contribution in [0.5, 0.6) is 0 Å². The minimum Gasteiger partial charge on any atom is -0.343 e. The topological polar surface area (TPSA) is 41.6 Å². The summed E-state index contributed by atoms with van der Waals surface area (Å²) < 4.78 is 0. The lowest BCUT2D eigenvalue weighted by Gasteiger charge is -2.03. The second kappa shape index (κ2) is 3.95. The summed E-state index contributed by atoms with van der Waals surface area (Å²) in [5.41, 5.74) is 5.40. The van der Waals surface area contributed by atoms with Crippen LogP contribution in [0, 0.1) is 20.8 Å². The molecule has 0 aliphatic rings. The second-order valence-corrected chi connectivity index (χ2v) is 4.60. The molecular weight excluding hydrogens is 222 g/mol. The van der Waals surface area contributed by atoms with E-state index in [-0.39, 0.29) is 0 Å². The predicted molar refractivity (Wildman–Crippen MR) is 73.5 cm³/mol. The smallest absolute Gasteiger partial charge is 0.161 e. The van der Waals surface area contributed by atoms with Crippen LogP contribution in [0.15, 0.2) is 30.3 Å². The maximum atomic E-state index is 4.62. The lowest BCUT2D eigenvalue weighted by atomic mass is 10.1. The molecule has 0 aliphatic heterocycles. The minimum absolute atomic E-state index is 0.779. The third kappa shape index (κ3) is 1.59. The summed E-state index contributed by atoms with van der Waals surface area (Å²) in [5, 5.41) is 1.15. The Balaban J connectivity index is 2.28. The molecule has 90 valence electrons. The van der Waals surface area contributed by atoms with E-state index in [9.17, 15) is 0 Å². The Morgan fingerprint density at radius 3 is 2.39 bits per heavy atom. The van der Waals surface area contributed by atoms with Gasteiger partial charge in [-0.15, -0.1) is 0 Å². The van der Waals surface area contributed by atoms with Gasteiger partial charge in [0.15, 0.2) is 5.82 Å². The molecule has 0 bridgehead atoms. The summed E-state index contributed by atoms with van der Waals surface area (Å²) in [5.74, 6) is 0.779. The van der Waals surface area contributed by atoms with Crippen molar-refractivity contribution in [2.24, 2.45) is 0 Å². The highest BCUT2D eigenvalue weighted by molar-refractivity contribution is 5.84. The lowest BCUT2D eigenvalue weighted by Crippen LogP contribution is -1.93. The molecule has 1 N–H and O–H groups in total.